The van der Waals surface area contributed by atoms with Crippen LogP contribution in [0, 0.1) is 0 Å². The average Bonchev–Trinajstić information content (AvgIpc) is 2.19. The number of carbonyl (C=O) groups is 2. The molecule has 80 valence electrons. The molecule has 0 saturated carbocycles. The van der Waals surface area contributed by atoms with Gasteiger partial charge in [0, 0.05) is 19.2 Å². The molecule has 0 saturated heterocycles. The summed E-state index contributed by atoms with van der Waals surface area (Å²) in [4.78, 5) is 23.8. The van der Waals surface area contributed by atoms with Crippen LogP contribution >= 0.6 is 0 Å². The molecule has 15 heavy (non-hydrogen) atoms. The molecule has 0 aliphatic carbocycles. The number of nitrogens with one attached hydrogen (secondary N) is 1. The van der Waals surface area contributed by atoms with Crippen LogP contribution in [0.15, 0.2) is 30.3 Å². The van der Waals surface area contributed by atoms with E-state index in [2.05, 4.69) is 5.32 Å². The maximum absolute atomic E-state index is 11.6. The summed E-state index contributed by atoms with van der Waals surface area (Å²) in [5.41, 5.74) is 0.683. The molecule has 0 aromatic heterocycles. The number of urea groups is 1. The molecule has 4 heteroatoms. The van der Waals surface area contributed by atoms with Gasteiger partial charge in [-0.3, -0.25) is 9.69 Å². The number of imide groups is 1. The lowest BCUT2D eigenvalue weighted by Gasteiger charge is -2.17. The van der Waals surface area contributed by atoms with E-state index >= 15 is 0 Å². The first-order valence-corrected chi connectivity index (χ1v) is 4.79. The molecule has 1 N–H and O–H groups in total. The fraction of sp³-hybridized carbons (Fsp3) is 0.273. The Hall–Kier alpha value is -1.84. The van der Waals surface area contributed by atoms with E-state index in [0.717, 1.165) is 4.90 Å². The average molecular weight is 206 g/mol. The molecule has 0 aliphatic rings. The van der Waals surface area contributed by atoms with Crippen molar-refractivity contribution >= 4 is 17.6 Å². The molecule has 0 radical (unpaired) electrons. The number of benzene rings is 1. The Balaban J connectivity index is 2.66. The van der Waals surface area contributed by atoms with Gasteiger partial charge in [0.05, 0.1) is 0 Å². The van der Waals surface area contributed by atoms with E-state index < -0.39 is 6.03 Å². The van der Waals surface area contributed by atoms with Crippen LogP contribution < -0.4 is 5.32 Å². The molecule has 0 unspecified atom stereocenters. The second-order valence-corrected chi connectivity index (χ2v) is 3.06. The number of nitrogens with zero attached hydrogens (tertiary/aromatic N) is 1. The van der Waals surface area contributed by atoms with Gasteiger partial charge < -0.3 is 5.32 Å². The second-order valence-electron chi connectivity index (χ2n) is 3.06. The molecule has 0 bridgehead atoms. The van der Waals surface area contributed by atoms with Gasteiger partial charge in [-0.2, -0.15) is 0 Å². The van der Waals surface area contributed by atoms with Gasteiger partial charge in [0.15, 0.2) is 0 Å². The maximum atomic E-state index is 11.6. The van der Waals surface area contributed by atoms with Crippen LogP contribution in [0.2, 0.25) is 0 Å². The van der Waals surface area contributed by atoms with Gasteiger partial charge >= 0.3 is 6.03 Å². The van der Waals surface area contributed by atoms with Crippen LogP contribution in [-0.4, -0.2) is 23.4 Å². The van der Waals surface area contributed by atoms with Crippen molar-refractivity contribution in [1.82, 2.24) is 4.90 Å². The van der Waals surface area contributed by atoms with Crippen molar-refractivity contribution in [3.8, 4) is 0 Å². The summed E-state index contributed by atoms with van der Waals surface area (Å²) in [5, 5.41) is 2.64. The topological polar surface area (TPSA) is 49.4 Å². The van der Waals surface area contributed by atoms with Crippen molar-refractivity contribution in [3.63, 3.8) is 0 Å². The third-order valence-electron chi connectivity index (χ3n) is 1.97. The fourth-order valence-electron chi connectivity index (χ4n) is 1.22. The van der Waals surface area contributed by atoms with Gasteiger partial charge in [-0.25, -0.2) is 4.79 Å². The Morgan fingerprint density at radius 1 is 1.27 bits per heavy atom. The third-order valence-corrected chi connectivity index (χ3v) is 1.97. The highest BCUT2D eigenvalue weighted by molar-refractivity contribution is 6.00. The Morgan fingerprint density at radius 3 is 2.33 bits per heavy atom. The Bertz CT molecular complexity index is 349. The summed E-state index contributed by atoms with van der Waals surface area (Å²) < 4.78 is 0. The second kappa shape index (κ2) is 5.14. The monoisotopic (exact) mass is 206 g/mol. The molecule has 0 heterocycles. The maximum Gasteiger partial charge on any atom is 0.328 e. The Morgan fingerprint density at radius 2 is 1.87 bits per heavy atom. The van der Waals surface area contributed by atoms with Crippen molar-refractivity contribution < 1.29 is 9.59 Å². The van der Waals surface area contributed by atoms with Crippen LogP contribution in [-0.2, 0) is 4.79 Å². The van der Waals surface area contributed by atoms with Crippen LogP contribution in [0.5, 0.6) is 0 Å². The van der Waals surface area contributed by atoms with E-state index in [1.807, 2.05) is 18.2 Å². The van der Waals surface area contributed by atoms with Gasteiger partial charge in [-0.1, -0.05) is 18.2 Å². The summed E-state index contributed by atoms with van der Waals surface area (Å²) >= 11 is 0. The zero-order chi connectivity index (χ0) is 11.3. The predicted octanol–water partition coefficient (Wildman–Crippen LogP) is 2.09. The molecule has 0 spiro atoms. The normalized spacial score (nSPS) is 9.47. The summed E-state index contributed by atoms with van der Waals surface area (Å²) in [6.07, 6.45) is 0. The van der Waals surface area contributed by atoms with Crippen molar-refractivity contribution in [1.29, 1.82) is 0 Å². The molecule has 0 aliphatic heterocycles. The van der Waals surface area contributed by atoms with E-state index in [1.165, 1.54) is 6.92 Å². The third kappa shape index (κ3) is 3.09. The highest BCUT2D eigenvalue weighted by Crippen LogP contribution is 2.06. The molecular formula is C11H14N2O2. The van der Waals surface area contributed by atoms with Crippen molar-refractivity contribution in [3.05, 3.63) is 30.3 Å². The lowest BCUT2D eigenvalue weighted by Crippen LogP contribution is -2.38. The molecule has 1 aromatic carbocycles. The van der Waals surface area contributed by atoms with Crippen LogP contribution in [0.4, 0.5) is 10.5 Å². The summed E-state index contributed by atoms with van der Waals surface area (Å²) in [6, 6.07) is 8.64. The molecule has 1 aromatic rings. The zero-order valence-corrected chi connectivity index (χ0v) is 8.86. The van der Waals surface area contributed by atoms with Crippen molar-refractivity contribution in [2.75, 3.05) is 11.9 Å². The number of amides is 3. The quantitative estimate of drug-likeness (QED) is 0.805. The summed E-state index contributed by atoms with van der Waals surface area (Å²) in [7, 11) is 0. The smallest absolute Gasteiger partial charge is 0.307 e. The Kier molecular flexibility index (Phi) is 3.85. The number of anilines is 1. The molecule has 0 atom stereocenters. The highest BCUT2D eigenvalue weighted by atomic mass is 16.2. The number of hydrogen-bond acceptors (Lipinski definition) is 2. The molecular weight excluding hydrogens is 192 g/mol. The van der Waals surface area contributed by atoms with E-state index in [1.54, 1.807) is 19.1 Å². The van der Waals surface area contributed by atoms with E-state index in [9.17, 15) is 9.59 Å². The van der Waals surface area contributed by atoms with Gasteiger partial charge in [0.25, 0.3) is 0 Å². The number of carbonyl (C=O) groups excluding carboxylic acids is 2. The minimum Gasteiger partial charge on any atom is -0.307 e. The first-order valence-electron chi connectivity index (χ1n) is 4.79. The van der Waals surface area contributed by atoms with Crippen LogP contribution in [0.1, 0.15) is 13.8 Å². The van der Waals surface area contributed by atoms with Crippen LogP contribution in [0.25, 0.3) is 0 Å². The Labute approximate surface area is 88.9 Å². The van der Waals surface area contributed by atoms with Crippen LogP contribution in [0.3, 0.4) is 0 Å². The van der Waals surface area contributed by atoms with Gasteiger partial charge in [0.2, 0.25) is 5.91 Å². The predicted molar refractivity (Wildman–Crippen MR) is 58.5 cm³/mol. The van der Waals surface area contributed by atoms with E-state index in [-0.39, 0.29) is 5.91 Å². The number of para-hydroxylation sites is 1. The summed E-state index contributed by atoms with van der Waals surface area (Å²) in [6.45, 7) is 3.49. The highest BCUT2D eigenvalue weighted by Gasteiger charge is 2.15. The first kappa shape index (κ1) is 11.2. The molecule has 0 fully saturated rings. The molecule has 1 rings (SSSR count). The molecule has 4 nitrogen and oxygen atoms in total. The largest absolute Gasteiger partial charge is 0.328 e. The molecule has 3 amide bonds. The van der Waals surface area contributed by atoms with E-state index in [4.69, 9.17) is 0 Å². The standard InChI is InChI=1S/C11H14N2O2/c1-3-13(9(2)14)11(15)12-10-7-5-4-6-8-10/h4-8H,3H2,1-2H3,(H,12,15). The first-order chi connectivity index (χ1) is 7.15. The lowest BCUT2D eigenvalue weighted by atomic mass is 10.3. The van der Waals surface area contributed by atoms with Gasteiger partial charge in [0.1, 0.15) is 0 Å². The zero-order valence-electron chi connectivity index (χ0n) is 8.86. The number of hydrogen-bond donors (Lipinski definition) is 1. The minimum atomic E-state index is -0.392. The SMILES string of the molecule is CCN(C(C)=O)C(=O)Nc1ccccc1. The van der Waals surface area contributed by atoms with Crippen molar-refractivity contribution in [2.24, 2.45) is 0 Å². The summed E-state index contributed by atoms with van der Waals surface area (Å²) in [5.74, 6) is -0.258. The van der Waals surface area contributed by atoms with Gasteiger partial charge in [-0.05, 0) is 19.1 Å². The van der Waals surface area contributed by atoms with Crippen molar-refractivity contribution in [2.45, 2.75) is 13.8 Å². The fourth-order valence-corrected chi connectivity index (χ4v) is 1.22. The number of rotatable bonds is 2. The van der Waals surface area contributed by atoms with E-state index in [0.29, 0.717) is 12.2 Å². The van der Waals surface area contributed by atoms with Gasteiger partial charge in [-0.15, -0.1) is 0 Å². The lowest BCUT2D eigenvalue weighted by molar-refractivity contribution is -0.125. The minimum absolute atomic E-state index is 0.258.